The second kappa shape index (κ2) is 9.02. The highest BCUT2D eigenvalue weighted by molar-refractivity contribution is 7.98. The highest BCUT2D eigenvalue weighted by Crippen LogP contribution is 2.41. The fourth-order valence-electron chi connectivity index (χ4n) is 3.75. The SMILES string of the molecule is CCCCN(CC)c1nc(CSc2ccc(Cl)cc2)nc2sc3c(c12)CCC3. The minimum atomic E-state index is 0.770. The molecule has 3 nitrogen and oxygen atoms in total. The third-order valence-corrected chi connectivity index (χ3v) is 7.68. The Kier molecular flexibility index (Phi) is 6.44. The third kappa shape index (κ3) is 4.17. The van der Waals surface area contributed by atoms with E-state index >= 15 is 0 Å². The first-order chi connectivity index (χ1) is 13.7. The quantitative estimate of drug-likeness (QED) is 0.369. The lowest BCUT2D eigenvalue weighted by atomic mass is 10.1. The monoisotopic (exact) mass is 431 g/mol. The molecule has 0 bridgehead atoms. The molecule has 4 rings (SSSR count). The Balaban J connectivity index is 1.68. The Labute approximate surface area is 180 Å². The van der Waals surface area contributed by atoms with Crippen molar-refractivity contribution in [1.29, 1.82) is 0 Å². The first-order valence-corrected chi connectivity index (χ1v) is 12.3. The number of nitrogens with zero attached hydrogens (tertiary/aromatic N) is 3. The molecule has 28 heavy (non-hydrogen) atoms. The lowest BCUT2D eigenvalue weighted by molar-refractivity contribution is 0.724. The topological polar surface area (TPSA) is 29.0 Å². The van der Waals surface area contributed by atoms with E-state index in [1.54, 1.807) is 11.8 Å². The molecule has 2 heterocycles. The van der Waals surface area contributed by atoms with E-state index in [2.05, 4.69) is 30.9 Å². The van der Waals surface area contributed by atoms with Gasteiger partial charge in [-0.25, -0.2) is 9.97 Å². The average molecular weight is 432 g/mol. The molecule has 0 aliphatic heterocycles. The summed E-state index contributed by atoms with van der Waals surface area (Å²) in [7, 11) is 0. The van der Waals surface area contributed by atoms with E-state index in [1.807, 2.05) is 23.5 Å². The summed E-state index contributed by atoms with van der Waals surface area (Å²) in [6, 6.07) is 8.00. The second-order valence-electron chi connectivity index (χ2n) is 7.18. The molecule has 1 aliphatic rings. The van der Waals surface area contributed by atoms with Crippen LogP contribution in [0.4, 0.5) is 5.82 Å². The van der Waals surface area contributed by atoms with Gasteiger partial charge >= 0.3 is 0 Å². The minimum absolute atomic E-state index is 0.770. The van der Waals surface area contributed by atoms with Gasteiger partial charge in [0.2, 0.25) is 0 Å². The van der Waals surface area contributed by atoms with Crippen LogP contribution in [0.5, 0.6) is 0 Å². The van der Waals surface area contributed by atoms with Crippen LogP contribution in [0.2, 0.25) is 5.02 Å². The molecule has 148 valence electrons. The van der Waals surface area contributed by atoms with E-state index in [1.165, 1.54) is 57.7 Å². The summed E-state index contributed by atoms with van der Waals surface area (Å²) < 4.78 is 0. The molecule has 0 N–H and O–H groups in total. The molecule has 0 saturated heterocycles. The van der Waals surface area contributed by atoms with Gasteiger partial charge in [0.15, 0.2) is 0 Å². The van der Waals surface area contributed by atoms with Crippen LogP contribution in [0.25, 0.3) is 10.2 Å². The molecule has 0 atom stereocenters. The number of hydrogen-bond donors (Lipinski definition) is 0. The predicted octanol–water partition coefficient (Wildman–Crippen LogP) is 6.75. The Morgan fingerprint density at radius 3 is 2.71 bits per heavy atom. The molecule has 0 amide bonds. The van der Waals surface area contributed by atoms with E-state index in [0.29, 0.717) is 0 Å². The van der Waals surface area contributed by atoms with Gasteiger partial charge in [0.05, 0.1) is 11.1 Å². The zero-order valence-corrected chi connectivity index (χ0v) is 18.9. The maximum atomic E-state index is 6.01. The van der Waals surface area contributed by atoms with Crippen LogP contribution in [0.1, 0.15) is 49.4 Å². The highest BCUT2D eigenvalue weighted by atomic mass is 35.5. The van der Waals surface area contributed by atoms with Crippen LogP contribution in [-0.4, -0.2) is 23.1 Å². The molecule has 0 spiro atoms. The maximum absolute atomic E-state index is 6.01. The molecule has 1 aromatic carbocycles. The molecule has 0 unspecified atom stereocenters. The van der Waals surface area contributed by atoms with Crippen LogP contribution < -0.4 is 4.90 Å². The number of aryl methyl sites for hydroxylation is 2. The van der Waals surface area contributed by atoms with Gasteiger partial charge < -0.3 is 4.90 Å². The third-order valence-electron chi connectivity index (χ3n) is 5.24. The zero-order valence-electron chi connectivity index (χ0n) is 16.5. The van der Waals surface area contributed by atoms with E-state index in [9.17, 15) is 0 Å². The number of anilines is 1. The van der Waals surface area contributed by atoms with Gasteiger partial charge in [-0.1, -0.05) is 24.9 Å². The summed E-state index contributed by atoms with van der Waals surface area (Å²) in [6.07, 6.45) is 6.04. The maximum Gasteiger partial charge on any atom is 0.142 e. The molecular weight excluding hydrogens is 406 g/mol. The summed E-state index contributed by atoms with van der Waals surface area (Å²) in [5, 5.41) is 2.10. The molecule has 1 aliphatic carbocycles. The van der Waals surface area contributed by atoms with Gasteiger partial charge in [-0.05, 0) is 62.4 Å². The normalized spacial score (nSPS) is 13.2. The van der Waals surface area contributed by atoms with Crippen LogP contribution in [0.3, 0.4) is 0 Å². The number of aromatic nitrogens is 2. The van der Waals surface area contributed by atoms with E-state index in [-0.39, 0.29) is 0 Å². The zero-order chi connectivity index (χ0) is 19.5. The van der Waals surface area contributed by atoms with Crippen LogP contribution >= 0.6 is 34.7 Å². The fourth-order valence-corrected chi connectivity index (χ4v) is 5.91. The largest absolute Gasteiger partial charge is 0.356 e. The van der Waals surface area contributed by atoms with Crippen molar-refractivity contribution < 1.29 is 0 Å². The number of rotatable bonds is 8. The van der Waals surface area contributed by atoms with E-state index in [0.717, 1.165) is 35.5 Å². The van der Waals surface area contributed by atoms with Gasteiger partial charge in [0.1, 0.15) is 16.5 Å². The van der Waals surface area contributed by atoms with Crippen molar-refractivity contribution in [2.24, 2.45) is 0 Å². The van der Waals surface area contributed by atoms with Crippen molar-refractivity contribution in [1.82, 2.24) is 9.97 Å². The van der Waals surface area contributed by atoms with Crippen LogP contribution in [0.15, 0.2) is 29.2 Å². The summed E-state index contributed by atoms with van der Waals surface area (Å²) >= 11 is 9.66. The summed E-state index contributed by atoms with van der Waals surface area (Å²) in [6.45, 7) is 6.53. The number of halogens is 1. The van der Waals surface area contributed by atoms with Gasteiger partial charge in [-0.3, -0.25) is 0 Å². The van der Waals surface area contributed by atoms with Crippen LogP contribution in [0, 0.1) is 0 Å². The van der Waals surface area contributed by atoms with Gasteiger partial charge in [0, 0.05) is 27.9 Å². The number of fused-ring (bicyclic) bond motifs is 3. The van der Waals surface area contributed by atoms with Crippen molar-refractivity contribution in [3.05, 3.63) is 45.6 Å². The number of unbranched alkanes of at least 4 members (excludes halogenated alkanes) is 1. The number of thiophene rings is 1. The lowest BCUT2D eigenvalue weighted by Crippen LogP contribution is -2.25. The average Bonchev–Trinajstić information content (AvgIpc) is 3.29. The standard InChI is InChI=1S/C22H26ClN3S2/c1-3-5-13-26(4-2)21-20-17-7-6-8-18(17)28-22(20)25-19(24-21)14-27-16-11-9-15(23)10-12-16/h9-12H,3-8,13-14H2,1-2H3. The van der Waals surface area contributed by atoms with Crippen LogP contribution in [-0.2, 0) is 18.6 Å². The van der Waals surface area contributed by atoms with Crippen molar-refractivity contribution in [3.63, 3.8) is 0 Å². The predicted molar refractivity (Wildman–Crippen MR) is 123 cm³/mol. The van der Waals surface area contributed by atoms with Crippen molar-refractivity contribution >= 4 is 50.7 Å². The minimum Gasteiger partial charge on any atom is -0.356 e. The number of thioether (sulfide) groups is 1. The molecule has 6 heteroatoms. The highest BCUT2D eigenvalue weighted by Gasteiger charge is 2.24. The Morgan fingerprint density at radius 2 is 1.96 bits per heavy atom. The lowest BCUT2D eigenvalue weighted by Gasteiger charge is -2.23. The van der Waals surface area contributed by atoms with Crippen molar-refractivity contribution in [3.8, 4) is 0 Å². The van der Waals surface area contributed by atoms with Gasteiger partial charge in [-0.15, -0.1) is 23.1 Å². The van der Waals surface area contributed by atoms with Gasteiger partial charge in [-0.2, -0.15) is 0 Å². The molecule has 0 saturated carbocycles. The summed E-state index contributed by atoms with van der Waals surface area (Å²) in [5.41, 5.74) is 1.52. The summed E-state index contributed by atoms with van der Waals surface area (Å²) in [4.78, 5) is 16.4. The molecule has 3 aromatic rings. The molecule has 0 radical (unpaired) electrons. The summed E-state index contributed by atoms with van der Waals surface area (Å²) in [5.74, 6) is 2.86. The fraction of sp³-hybridized carbons (Fsp3) is 0.455. The Hall–Kier alpha value is -1.30. The number of benzene rings is 1. The van der Waals surface area contributed by atoms with Gasteiger partial charge in [0.25, 0.3) is 0 Å². The van der Waals surface area contributed by atoms with E-state index < -0.39 is 0 Å². The molecule has 0 fully saturated rings. The molecule has 2 aromatic heterocycles. The smallest absolute Gasteiger partial charge is 0.142 e. The first kappa shape index (κ1) is 20.0. The molecular formula is C22H26ClN3S2. The van der Waals surface area contributed by atoms with E-state index in [4.69, 9.17) is 21.6 Å². The first-order valence-electron chi connectivity index (χ1n) is 10.1. The number of hydrogen-bond acceptors (Lipinski definition) is 5. The van der Waals surface area contributed by atoms with Crippen molar-refractivity contribution in [2.75, 3.05) is 18.0 Å². The Morgan fingerprint density at radius 1 is 1.14 bits per heavy atom. The van der Waals surface area contributed by atoms with Crippen molar-refractivity contribution in [2.45, 2.75) is 56.6 Å². The second-order valence-corrected chi connectivity index (χ2v) is 9.75. The Bertz CT molecular complexity index is 953.